The number of carbonyl (C=O) groups is 1. The monoisotopic (exact) mass is 367 g/mol. The van der Waals surface area contributed by atoms with Gasteiger partial charge in [0, 0.05) is 5.56 Å². The summed E-state index contributed by atoms with van der Waals surface area (Å²) in [5.74, 6) is -0.166. The van der Waals surface area contributed by atoms with Crippen molar-refractivity contribution in [2.75, 3.05) is 12.1 Å². The van der Waals surface area contributed by atoms with Crippen molar-refractivity contribution in [1.29, 1.82) is 0 Å². The van der Waals surface area contributed by atoms with Gasteiger partial charge in [0.15, 0.2) is 16.6 Å². The lowest BCUT2D eigenvalue weighted by Crippen LogP contribution is -2.43. The molecule has 1 aliphatic heterocycles. The van der Waals surface area contributed by atoms with Crippen molar-refractivity contribution >= 4 is 40.5 Å². The van der Waals surface area contributed by atoms with Crippen LogP contribution in [0.25, 0.3) is 0 Å². The highest BCUT2D eigenvalue weighted by Crippen LogP contribution is 2.39. The van der Waals surface area contributed by atoms with Gasteiger partial charge in [-0.05, 0) is 36.5 Å². The van der Waals surface area contributed by atoms with E-state index >= 15 is 0 Å². The van der Waals surface area contributed by atoms with E-state index in [1.54, 1.807) is 12.1 Å². The Balaban J connectivity index is 1.61. The Morgan fingerprint density at radius 2 is 2.00 bits per heavy atom. The van der Waals surface area contributed by atoms with Crippen LogP contribution in [-0.2, 0) is 0 Å². The molecule has 3 N–H and O–H groups in total. The van der Waals surface area contributed by atoms with E-state index in [4.69, 9.17) is 33.3 Å². The lowest BCUT2D eigenvalue weighted by atomic mass is 10.2. The van der Waals surface area contributed by atoms with Gasteiger partial charge in [-0.3, -0.25) is 15.6 Å². The highest BCUT2D eigenvalue weighted by atomic mass is 35.5. The van der Waals surface area contributed by atoms with E-state index in [0.29, 0.717) is 11.5 Å². The van der Waals surface area contributed by atoms with Crippen molar-refractivity contribution in [1.82, 2.24) is 10.9 Å². The number of hydrazine groups is 1. The zero-order valence-electron chi connectivity index (χ0n) is 12.1. The average molecular weight is 368 g/mol. The molecule has 0 aromatic heterocycles. The van der Waals surface area contributed by atoms with Crippen LogP contribution in [0.2, 0.25) is 5.02 Å². The Bertz CT molecular complexity index is 819. The van der Waals surface area contributed by atoms with Crippen LogP contribution in [0.1, 0.15) is 10.4 Å². The highest BCUT2D eigenvalue weighted by Gasteiger charge is 2.20. The van der Waals surface area contributed by atoms with Crippen molar-refractivity contribution in [3.8, 4) is 11.5 Å². The maximum Gasteiger partial charge on any atom is 0.269 e. The molecule has 0 radical (unpaired) electrons. The van der Waals surface area contributed by atoms with Gasteiger partial charge < -0.3 is 14.8 Å². The van der Waals surface area contributed by atoms with Crippen LogP contribution in [-0.4, -0.2) is 17.8 Å². The van der Waals surface area contributed by atoms with Crippen molar-refractivity contribution < 1.29 is 18.7 Å². The third-order valence-corrected chi connectivity index (χ3v) is 3.59. The summed E-state index contributed by atoms with van der Waals surface area (Å²) >= 11 is 11.0. The molecule has 1 amide bonds. The number of carbonyl (C=O) groups excluding carboxylic acids is 1. The van der Waals surface area contributed by atoms with Gasteiger partial charge in [-0.15, -0.1) is 0 Å². The van der Waals surface area contributed by atoms with Gasteiger partial charge in [-0.25, -0.2) is 4.39 Å². The smallest absolute Gasteiger partial charge is 0.269 e. The number of anilines is 1. The first-order valence-electron chi connectivity index (χ1n) is 6.75. The molecule has 0 atom stereocenters. The third-order valence-electron chi connectivity index (χ3n) is 3.10. The fourth-order valence-electron chi connectivity index (χ4n) is 2.00. The average Bonchev–Trinajstić information content (AvgIpc) is 3.04. The molecule has 124 valence electrons. The van der Waals surface area contributed by atoms with Crippen LogP contribution >= 0.6 is 23.8 Å². The molecule has 24 heavy (non-hydrogen) atoms. The van der Waals surface area contributed by atoms with Crippen molar-refractivity contribution in [3.05, 3.63) is 52.8 Å². The maximum atomic E-state index is 13.5. The summed E-state index contributed by atoms with van der Waals surface area (Å²) in [7, 11) is 0. The number of para-hydroxylation sites is 1. The molecule has 0 spiro atoms. The number of benzene rings is 2. The van der Waals surface area contributed by atoms with Gasteiger partial charge in [0.25, 0.3) is 5.91 Å². The number of rotatable bonds is 2. The number of nitrogens with one attached hydrogen (secondary N) is 3. The summed E-state index contributed by atoms with van der Waals surface area (Å²) in [6.45, 7) is 0.0506. The van der Waals surface area contributed by atoms with E-state index in [-0.39, 0.29) is 28.2 Å². The molecule has 2 aromatic rings. The largest absolute Gasteiger partial charge is 0.454 e. The number of halogens is 2. The number of thiocarbonyl (C=S) groups is 1. The third kappa shape index (κ3) is 3.50. The second-order valence-electron chi connectivity index (χ2n) is 4.70. The van der Waals surface area contributed by atoms with E-state index in [9.17, 15) is 9.18 Å². The molecule has 0 saturated heterocycles. The Morgan fingerprint density at radius 3 is 2.79 bits per heavy atom. The number of hydrogen-bond donors (Lipinski definition) is 3. The Kier molecular flexibility index (Phi) is 4.68. The molecule has 3 rings (SSSR count). The first kappa shape index (κ1) is 16.3. The molecule has 1 aliphatic rings. The molecule has 0 aliphatic carbocycles. The summed E-state index contributed by atoms with van der Waals surface area (Å²) in [5.41, 5.74) is 5.31. The van der Waals surface area contributed by atoms with E-state index in [0.717, 1.165) is 0 Å². The molecular weight excluding hydrogens is 357 g/mol. The van der Waals surface area contributed by atoms with Crippen LogP contribution in [0, 0.1) is 5.82 Å². The predicted octanol–water partition coefficient (Wildman–Crippen LogP) is 2.84. The Morgan fingerprint density at radius 1 is 1.21 bits per heavy atom. The second-order valence-corrected chi connectivity index (χ2v) is 5.52. The summed E-state index contributed by atoms with van der Waals surface area (Å²) in [5, 5.41) is 2.92. The van der Waals surface area contributed by atoms with E-state index in [1.807, 2.05) is 0 Å². The quantitative estimate of drug-likeness (QED) is 0.560. The molecular formula is C15H11ClFN3O3S. The lowest BCUT2D eigenvalue weighted by molar-refractivity contribution is 0.0943. The number of hydrogen-bond acceptors (Lipinski definition) is 4. The zero-order chi connectivity index (χ0) is 17.1. The van der Waals surface area contributed by atoms with Crippen LogP contribution < -0.4 is 25.6 Å². The molecule has 1 heterocycles. The Hall–Kier alpha value is -2.58. The first-order chi connectivity index (χ1) is 11.5. The van der Waals surface area contributed by atoms with Crippen LogP contribution in [0.15, 0.2) is 36.4 Å². The summed E-state index contributed by atoms with van der Waals surface area (Å²) in [6, 6.07) is 8.96. The first-order valence-corrected chi connectivity index (χ1v) is 7.54. The molecule has 0 saturated carbocycles. The van der Waals surface area contributed by atoms with E-state index in [1.165, 1.54) is 24.3 Å². The zero-order valence-corrected chi connectivity index (χ0v) is 13.6. The van der Waals surface area contributed by atoms with E-state index < -0.39 is 11.7 Å². The summed E-state index contributed by atoms with van der Waals surface area (Å²) < 4.78 is 23.9. The molecule has 0 bridgehead atoms. The number of ether oxygens (including phenoxy) is 2. The molecule has 0 unspecified atom stereocenters. The minimum absolute atomic E-state index is 0.0280. The highest BCUT2D eigenvalue weighted by molar-refractivity contribution is 7.80. The number of amides is 1. The maximum absolute atomic E-state index is 13.5. The van der Waals surface area contributed by atoms with Crippen LogP contribution in [0.3, 0.4) is 0 Å². The predicted molar refractivity (Wildman–Crippen MR) is 90.8 cm³/mol. The summed E-state index contributed by atoms with van der Waals surface area (Å²) in [4.78, 5) is 12.1. The standard InChI is InChI=1S/C15H11ClFN3O3S/c16-9-5-8(6-12-13(9)23-7-22-12)14(21)19-20-15(24)18-11-4-2-1-3-10(11)17/h1-6H,7H2,(H,19,21)(H2,18,20,24). The van der Waals surface area contributed by atoms with Gasteiger partial charge in [-0.2, -0.15) is 0 Å². The lowest BCUT2D eigenvalue weighted by Gasteiger charge is -2.12. The molecule has 2 aromatic carbocycles. The van der Waals surface area contributed by atoms with Gasteiger partial charge in [0.1, 0.15) is 5.82 Å². The fraction of sp³-hybridized carbons (Fsp3) is 0.0667. The fourth-order valence-corrected chi connectivity index (χ4v) is 2.43. The molecule has 6 nitrogen and oxygen atoms in total. The van der Waals surface area contributed by atoms with Crippen molar-refractivity contribution in [3.63, 3.8) is 0 Å². The second kappa shape index (κ2) is 6.90. The van der Waals surface area contributed by atoms with E-state index in [2.05, 4.69) is 16.2 Å². The van der Waals surface area contributed by atoms with Gasteiger partial charge in [0.2, 0.25) is 6.79 Å². The van der Waals surface area contributed by atoms with Gasteiger partial charge >= 0.3 is 0 Å². The Labute approximate surface area is 146 Å². The topological polar surface area (TPSA) is 71.6 Å². The van der Waals surface area contributed by atoms with Crippen LogP contribution in [0.4, 0.5) is 10.1 Å². The van der Waals surface area contributed by atoms with Crippen molar-refractivity contribution in [2.45, 2.75) is 0 Å². The summed E-state index contributed by atoms with van der Waals surface area (Å²) in [6.07, 6.45) is 0. The van der Waals surface area contributed by atoms with Crippen LogP contribution in [0.5, 0.6) is 11.5 Å². The molecule has 9 heteroatoms. The minimum atomic E-state index is -0.493. The normalized spacial score (nSPS) is 11.8. The van der Waals surface area contributed by atoms with Crippen molar-refractivity contribution in [2.24, 2.45) is 0 Å². The SMILES string of the molecule is O=C(NNC(=S)Nc1ccccc1F)c1cc(Cl)c2c(c1)OCO2. The van der Waals surface area contributed by atoms with Gasteiger partial charge in [-0.1, -0.05) is 23.7 Å². The number of fused-ring (bicyclic) bond motifs is 1. The van der Waals surface area contributed by atoms with Gasteiger partial charge in [0.05, 0.1) is 10.7 Å². The minimum Gasteiger partial charge on any atom is -0.454 e. The molecule has 0 fully saturated rings.